The van der Waals surface area contributed by atoms with Crippen LogP contribution in [0.25, 0.3) is 11.4 Å². The molecule has 0 spiro atoms. The Labute approximate surface area is 152 Å². The van der Waals surface area contributed by atoms with Crippen LogP contribution in [0.4, 0.5) is 11.5 Å². The lowest BCUT2D eigenvalue weighted by atomic mass is 10.1. The molecule has 1 atom stereocenters. The monoisotopic (exact) mass is 345 g/mol. The maximum atomic E-state index is 11.2. The van der Waals surface area contributed by atoms with Gasteiger partial charge in [0.2, 0.25) is 0 Å². The molecule has 1 aromatic heterocycles. The maximum Gasteiger partial charge on any atom is 0.335 e. The number of rotatable bonds is 3. The highest BCUT2D eigenvalue weighted by atomic mass is 16.4. The second-order valence-electron chi connectivity index (χ2n) is 6.63. The summed E-state index contributed by atoms with van der Waals surface area (Å²) in [5.41, 5.74) is 4.25. The van der Waals surface area contributed by atoms with Gasteiger partial charge in [0.05, 0.1) is 5.56 Å². The molecule has 2 heterocycles. The molecule has 1 N–H and O–H groups in total. The number of hydrogen-bond acceptors (Lipinski definition) is 4. The van der Waals surface area contributed by atoms with Crippen LogP contribution in [-0.4, -0.2) is 27.1 Å². The first-order valence-corrected chi connectivity index (χ1v) is 8.59. The SMILES string of the molecule is Cc1cc(N2c3ccc(C(=O)O)cc3C[C@H]2C)nc(-c2ccccc2)n1. The van der Waals surface area contributed by atoms with Gasteiger partial charge in [-0.15, -0.1) is 0 Å². The summed E-state index contributed by atoms with van der Waals surface area (Å²) in [6.07, 6.45) is 0.792. The van der Waals surface area contributed by atoms with Crippen molar-refractivity contribution in [3.63, 3.8) is 0 Å². The minimum Gasteiger partial charge on any atom is -0.478 e. The molecule has 26 heavy (non-hydrogen) atoms. The number of carbonyl (C=O) groups is 1. The summed E-state index contributed by atoms with van der Waals surface area (Å²) >= 11 is 0. The standard InChI is InChI=1S/C21H19N3O2/c1-13-10-19(23-20(22-13)15-6-4-3-5-7-15)24-14(2)11-17-12-16(21(25)26)8-9-18(17)24/h3-10,12,14H,11H2,1-2H3,(H,25,26)/t14-/m1/s1. The second-order valence-corrected chi connectivity index (χ2v) is 6.63. The van der Waals surface area contributed by atoms with E-state index in [0.717, 1.165) is 34.7 Å². The van der Waals surface area contributed by atoms with Gasteiger partial charge in [-0.1, -0.05) is 30.3 Å². The van der Waals surface area contributed by atoms with E-state index < -0.39 is 5.97 Å². The summed E-state index contributed by atoms with van der Waals surface area (Å²) in [4.78, 5) is 22.8. The molecule has 0 amide bonds. The van der Waals surface area contributed by atoms with Gasteiger partial charge in [-0.05, 0) is 44.0 Å². The Hall–Kier alpha value is -3.21. The summed E-state index contributed by atoms with van der Waals surface area (Å²) in [6.45, 7) is 4.09. The van der Waals surface area contributed by atoms with Crippen LogP contribution in [0.5, 0.6) is 0 Å². The van der Waals surface area contributed by atoms with Gasteiger partial charge in [0.15, 0.2) is 5.82 Å². The maximum absolute atomic E-state index is 11.2. The van der Waals surface area contributed by atoms with Crippen molar-refractivity contribution in [3.8, 4) is 11.4 Å². The van der Waals surface area contributed by atoms with Crippen molar-refractivity contribution in [1.82, 2.24) is 9.97 Å². The lowest BCUT2D eigenvalue weighted by molar-refractivity contribution is 0.0697. The fourth-order valence-electron chi connectivity index (χ4n) is 3.50. The van der Waals surface area contributed by atoms with E-state index in [1.165, 1.54) is 0 Å². The third kappa shape index (κ3) is 2.81. The van der Waals surface area contributed by atoms with Crippen molar-refractivity contribution in [3.05, 3.63) is 71.4 Å². The highest BCUT2D eigenvalue weighted by Crippen LogP contribution is 2.38. The lowest BCUT2D eigenvalue weighted by Crippen LogP contribution is -2.25. The van der Waals surface area contributed by atoms with Crippen molar-refractivity contribution in [2.75, 3.05) is 4.90 Å². The molecule has 5 nitrogen and oxygen atoms in total. The molecule has 0 radical (unpaired) electrons. The van der Waals surface area contributed by atoms with Crippen molar-refractivity contribution in [2.45, 2.75) is 26.3 Å². The Morgan fingerprint density at radius 3 is 2.62 bits per heavy atom. The molecule has 5 heteroatoms. The molecule has 130 valence electrons. The number of aromatic nitrogens is 2. The first-order chi connectivity index (χ1) is 12.5. The highest BCUT2D eigenvalue weighted by Gasteiger charge is 2.29. The van der Waals surface area contributed by atoms with Crippen molar-refractivity contribution in [1.29, 1.82) is 0 Å². The summed E-state index contributed by atoms with van der Waals surface area (Å²) in [7, 11) is 0. The predicted octanol–water partition coefficient (Wildman–Crippen LogP) is 4.23. The Morgan fingerprint density at radius 2 is 1.88 bits per heavy atom. The van der Waals surface area contributed by atoms with Gasteiger partial charge in [0, 0.05) is 29.1 Å². The fourth-order valence-corrected chi connectivity index (χ4v) is 3.50. The average Bonchev–Trinajstić information content (AvgIpc) is 2.96. The van der Waals surface area contributed by atoms with E-state index in [1.54, 1.807) is 12.1 Å². The van der Waals surface area contributed by atoms with E-state index in [4.69, 9.17) is 4.98 Å². The Morgan fingerprint density at radius 1 is 1.12 bits per heavy atom. The molecule has 3 aromatic rings. The molecular formula is C21H19N3O2. The summed E-state index contributed by atoms with van der Waals surface area (Å²) in [5.74, 6) is 0.636. The molecule has 4 rings (SSSR count). The zero-order valence-corrected chi connectivity index (χ0v) is 14.7. The predicted molar refractivity (Wildman–Crippen MR) is 101 cm³/mol. The quantitative estimate of drug-likeness (QED) is 0.769. The number of hydrogen-bond donors (Lipinski definition) is 1. The fraction of sp³-hybridized carbons (Fsp3) is 0.190. The first-order valence-electron chi connectivity index (χ1n) is 8.59. The second kappa shape index (κ2) is 6.26. The largest absolute Gasteiger partial charge is 0.478 e. The van der Waals surface area contributed by atoms with Gasteiger partial charge < -0.3 is 10.0 Å². The molecule has 0 saturated heterocycles. The van der Waals surface area contributed by atoms with Crippen LogP contribution in [-0.2, 0) is 6.42 Å². The summed E-state index contributed by atoms with van der Waals surface area (Å²) < 4.78 is 0. The number of carboxylic acid groups (broad SMARTS) is 1. The average molecular weight is 345 g/mol. The van der Waals surface area contributed by atoms with Crippen LogP contribution in [0.3, 0.4) is 0 Å². The number of aromatic carboxylic acids is 1. The third-order valence-corrected chi connectivity index (χ3v) is 4.66. The van der Waals surface area contributed by atoms with E-state index in [0.29, 0.717) is 11.4 Å². The molecule has 0 bridgehead atoms. The van der Waals surface area contributed by atoms with Crippen molar-refractivity contribution in [2.24, 2.45) is 0 Å². The van der Waals surface area contributed by atoms with E-state index in [1.807, 2.05) is 49.4 Å². The van der Waals surface area contributed by atoms with Crippen LogP contribution >= 0.6 is 0 Å². The highest BCUT2D eigenvalue weighted by molar-refractivity contribution is 5.89. The molecule has 2 aromatic carbocycles. The van der Waals surface area contributed by atoms with E-state index >= 15 is 0 Å². The molecule has 1 aliphatic heterocycles. The molecule has 0 unspecified atom stereocenters. The third-order valence-electron chi connectivity index (χ3n) is 4.66. The number of benzene rings is 2. The number of nitrogens with zero attached hydrogens (tertiary/aromatic N) is 3. The van der Waals surface area contributed by atoms with Crippen LogP contribution in [0, 0.1) is 6.92 Å². The van der Waals surface area contributed by atoms with Gasteiger partial charge in [-0.2, -0.15) is 0 Å². The molecule has 0 fully saturated rings. The zero-order chi connectivity index (χ0) is 18.3. The van der Waals surface area contributed by atoms with E-state index in [9.17, 15) is 9.90 Å². The molecular weight excluding hydrogens is 326 g/mol. The molecule has 0 aliphatic carbocycles. The minimum absolute atomic E-state index is 0.201. The Balaban J connectivity index is 1.79. The topological polar surface area (TPSA) is 66.3 Å². The van der Waals surface area contributed by atoms with Gasteiger partial charge in [-0.25, -0.2) is 14.8 Å². The van der Waals surface area contributed by atoms with Crippen LogP contribution in [0.15, 0.2) is 54.6 Å². The van der Waals surface area contributed by atoms with E-state index in [2.05, 4.69) is 16.8 Å². The minimum atomic E-state index is -0.900. The van der Waals surface area contributed by atoms with Gasteiger partial charge >= 0.3 is 5.97 Å². The number of carboxylic acids is 1. The van der Waals surface area contributed by atoms with Gasteiger partial charge in [0.1, 0.15) is 5.82 Å². The van der Waals surface area contributed by atoms with Crippen molar-refractivity contribution >= 4 is 17.5 Å². The Bertz CT molecular complexity index is 986. The summed E-state index contributed by atoms with van der Waals surface area (Å²) in [5, 5.41) is 9.23. The van der Waals surface area contributed by atoms with Crippen LogP contribution < -0.4 is 4.90 Å². The number of aryl methyl sites for hydroxylation is 1. The lowest BCUT2D eigenvalue weighted by Gasteiger charge is -2.24. The first kappa shape index (κ1) is 16.3. The van der Waals surface area contributed by atoms with Crippen LogP contribution in [0.2, 0.25) is 0 Å². The number of anilines is 2. The molecule has 1 aliphatic rings. The van der Waals surface area contributed by atoms with Crippen LogP contribution in [0.1, 0.15) is 28.5 Å². The normalized spacial score (nSPS) is 15.8. The van der Waals surface area contributed by atoms with Gasteiger partial charge in [0.25, 0.3) is 0 Å². The molecule has 0 saturated carbocycles. The van der Waals surface area contributed by atoms with Gasteiger partial charge in [-0.3, -0.25) is 0 Å². The number of fused-ring (bicyclic) bond motifs is 1. The smallest absolute Gasteiger partial charge is 0.335 e. The van der Waals surface area contributed by atoms with Crippen molar-refractivity contribution < 1.29 is 9.90 Å². The summed E-state index contributed by atoms with van der Waals surface area (Å²) in [6, 6.07) is 17.4. The van der Waals surface area contributed by atoms with E-state index in [-0.39, 0.29) is 6.04 Å². The Kier molecular flexibility index (Phi) is 3.92. The zero-order valence-electron chi connectivity index (χ0n) is 14.7.